The molecule has 5 rings (SSSR count). The van der Waals surface area contributed by atoms with Crippen LogP contribution in [0.1, 0.15) is 6.42 Å². The maximum Gasteiger partial charge on any atom is 0.240 e. The summed E-state index contributed by atoms with van der Waals surface area (Å²) < 4.78 is 48.4. The van der Waals surface area contributed by atoms with Crippen molar-refractivity contribution in [3.05, 3.63) is 78.2 Å². The number of fused-ring (bicyclic) bond motifs is 1. The summed E-state index contributed by atoms with van der Waals surface area (Å²) in [5.74, 6) is 0.0809. The molecule has 0 unspecified atom stereocenters. The third kappa shape index (κ3) is 5.31. The fraction of sp³-hybridized carbons (Fsp3) is 0.160. The summed E-state index contributed by atoms with van der Waals surface area (Å²) in [5.41, 5.74) is 2.71. The van der Waals surface area contributed by atoms with E-state index in [0.29, 0.717) is 35.9 Å². The number of sulfonamides is 1. The number of ether oxygens (including phenoxy) is 1. The van der Waals surface area contributed by atoms with Gasteiger partial charge in [0.05, 0.1) is 23.4 Å². The van der Waals surface area contributed by atoms with Gasteiger partial charge in [-0.25, -0.2) is 32.5 Å². The van der Waals surface area contributed by atoms with Gasteiger partial charge in [0, 0.05) is 36.4 Å². The van der Waals surface area contributed by atoms with Crippen LogP contribution in [-0.2, 0) is 10.0 Å². The Labute approximate surface area is 217 Å². The van der Waals surface area contributed by atoms with Gasteiger partial charge in [0.15, 0.2) is 16.5 Å². The molecule has 0 bridgehead atoms. The third-order valence-electron chi connectivity index (χ3n) is 5.57. The summed E-state index contributed by atoms with van der Waals surface area (Å²) in [6.45, 7) is 0.724. The molecule has 2 aromatic carbocycles. The second-order valence-corrected chi connectivity index (χ2v) is 10.6. The van der Waals surface area contributed by atoms with E-state index in [-0.39, 0.29) is 17.2 Å². The van der Waals surface area contributed by atoms with Crippen LogP contribution in [0.15, 0.2) is 77.3 Å². The van der Waals surface area contributed by atoms with Crippen LogP contribution < -0.4 is 14.8 Å². The Hall–Kier alpha value is -3.87. The standard InChI is InChI=1S/C25H23FN6O3S2/c1-35-21-16-17(8-9-19(21)26)22-23(32-14-15-36-25(32)31-22)20-10-13-28-24(30-20)27-11-5-12-29-37(33,34)18-6-3-2-4-7-18/h2-4,6-10,13-16,29H,5,11-12H2,1H3,(H,27,28,30). The van der Waals surface area contributed by atoms with Gasteiger partial charge in [-0.3, -0.25) is 4.40 Å². The van der Waals surface area contributed by atoms with Crippen LogP contribution in [0.25, 0.3) is 27.6 Å². The van der Waals surface area contributed by atoms with E-state index in [4.69, 9.17) is 9.72 Å². The Bertz CT molecular complexity index is 1640. The minimum absolute atomic E-state index is 0.132. The predicted octanol–water partition coefficient (Wildman–Crippen LogP) is 4.45. The fourth-order valence-corrected chi connectivity index (χ4v) is 5.60. The van der Waals surface area contributed by atoms with Crippen LogP contribution in [0.5, 0.6) is 5.75 Å². The zero-order valence-electron chi connectivity index (χ0n) is 19.8. The molecule has 5 aromatic rings. The zero-order valence-corrected chi connectivity index (χ0v) is 21.4. The Morgan fingerprint density at radius 2 is 1.92 bits per heavy atom. The average molecular weight is 539 g/mol. The molecule has 2 N–H and O–H groups in total. The Balaban J connectivity index is 1.32. The quantitative estimate of drug-likeness (QED) is 0.253. The lowest BCUT2D eigenvalue weighted by Gasteiger charge is -2.09. The lowest BCUT2D eigenvalue weighted by atomic mass is 10.1. The summed E-state index contributed by atoms with van der Waals surface area (Å²) in [4.78, 5) is 14.7. The van der Waals surface area contributed by atoms with Gasteiger partial charge in [-0.2, -0.15) is 0 Å². The van der Waals surface area contributed by atoms with Gasteiger partial charge < -0.3 is 10.1 Å². The molecule has 3 heterocycles. The van der Waals surface area contributed by atoms with E-state index in [9.17, 15) is 12.8 Å². The van der Waals surface area contributed by atoms with E-state index in [1.165, 1.54) is 24.5 Å². The molecule has 0 saturated heterocycles. The van der Waals surface area contributed by atoms with Crippen molar-refractivity contribution in [1.29, 1.82) is 0 Å². The number of thiazole rings is 1. The molecule has 0 radical (unpaired) electrons. The van der Waals surface area contributed by atoms with Crippen molar-refractivity contribution in [3.8, 4) is 28.4 Å². The fourth-order valence-electron chi connectivity index (χ4n) is 3.79. The molecule has 0 aliphatic carbocycles. The molecule has 3 aromatic heterocycles. The van der Waals surface area contributed by atoms with E-state index < -0.39 is 15.8 Å². The highest BCUT2D eigenvalue weighted by atomic mass is 32.2. The predicted molar refractivity (Wildman–Crippen MR) is 141 cm³/mol. The maximum atomic E-state index is 14.0. The van der Waals surface area contributed by atoms with Crippen molar-refractivity contribution in [3.63, 3.8) is 0 Å². The summed E-state index contributed by atoms with van der Waals surface area (Å²) >= 11 is 1.48. The number of benzene rings is 2. The van der Waals surface area contributed by atoms with Gasteiger partial charge in [0.2, 0.25) is 16.0 Å². The topological polar surface area (TPSA) is 111 Å². The number of anilines is 1. The molecule has 0 amide bonds. The number of nitrogens with one attached hydrogen (secondary N) is 2. The molecule has 0 fully saturated rings. The number of halogens is 1. The minimum Gasteiger partial charge on any atom is -0.494 e. The first-order valence-corrected chi connectivity index (χ1v) is 13.7. The number of hydrogen-bond acceptors (Lipinski definition) is 8. The Morgan fingerprint density at radius 3 is 2.73 bits per heavy atom. The zero-order chi connectivity index (χ0) is 25.8. The highest BCUT2D eigenvalue weighted by molar-refractivity contribution is 7.89. The molecule has 0 aliphatic heterocycles. The van der Waals surface area contributed by atoms with Crippen molar-refractivity contribution in [2.75, 3.05) is 25.5 Å². The lowest BCUT2D eigenvalue weighted by Crippen LogP contribution is -2.26. The summed E-state index contributed by atoms with van der Waals surface area (Å²) in [6, 6.07) is 14.6. The highest BCUT2D eigenvalue weighted by Crippen LogP contribution is 2.35. The Morgan fingerprint density at radius 1 is 1.08 bits per heavy atom. The first kappa shape index (κ1) is 24.8. The van der Waals surface area contributed by atoms with Crippen LogP contribution in [0.4, 0.5) is 10.3 Å². The van der Waals surface area contributed by atoms with Crippen molar-refractivity contribution in [2.24, 2.45) is 0 Å². The van der Waals surface area contributed by atoms with Crippen molar-refractivity contribution in [2.45, 2.75) is 11.3 Å². The summed E-state index contributed by atoms with van der Waals surface area (Å²) in [5, 5.41) is 5.07. The number of aromatic nitrogens is 4. The molecule has 0 aliphatic rings. The van der Waals surface area contributed by atoms with E-state index >= 15 is 0 Å². The normalized spacial score (nSPS) is 11.6. The van der Waals surface area contributed by atoms with Crippen LogP contribution >= 0.6 is 11.3 Å². The third-order valence-corrected chi connectivity index (χ3v) is 7.80. The number of imidazole rings is 1. The number of hydrogen-bond donors (Lipinski definition) is 2. The molecule has 37 heavy (non-hydrogen) atoms. The first-order chi connectivity index (χ1) is 18.0. The Kier molecular flexibility index (Phi) is 7.12. The molecule has 0 saturated carbocycles. The largest absolute Gasteiger partial charge is 0.494 e. The molecule has 0 spiro atoms. The summed E-state index contributed by atoms with van der Waals surface area (Å²) in [6.07, 6.45) is 4.08. The van der Waals surface area contributed by atoms with Crippen LogP contribution in [0.3, 0.4) is 0 Å². The van der Waals surface area contributed by atoms with Crippen LogP contribution in [0, 0.1) is 5.82 Å². The van der Waals surface area contributed by atoms with E-state index in [1.54, 1.807) is 54.7 Å². The van der Waals surface area contributed by atoms with Crippen LogP contribution in [0.2, 0.25) is 0 Å². The van der Waals surface area contributed by atoms with Crippen molar-refractivity contribution in [1.82, 2.24) is 24.1 Å². The van der Waals surface area contributed by atoms with Gasteiger partial charge in [-0.05, 0) is 42.8 Å². The smallest absolute Gasteiger partial charge is 0.240 e. The molecule has 12 heteroatoms. The number of nitrogens with zero attached hydrogens (tertiary/aromatic N) is 4. The van der Waals surface area contributed by atoms with E-state index in [0.717, 1.165) is 10.7 Å². The van der Waals surface area contributed by atoms with E-state index in [1.807, 2.05) is 16.0 Å². The van der Waals surface area contributed by atoms with Crippen LogP contribution in [-0.4, -0.2) is 48.0 Å². The SMILES string of the molecule is COc1cc(-c2nc3sccn3c2-c2ccnc(NCCCNS(=O)(=O)c3ccccc3)n2)ccc1F. The van der Waals surface area contributed by atoms with Gasteiger partial charge in [0.1, 0.15) is 5.69 Å². The van der Waals surface area contributed by atoms with Gasteiger partial charge in [0.25, 0.3) is 0 Å². The van der Waals surface area contributed by atoms with Gasteiger partial charge >= 0.3 is 0 Å². The monoisotopic (exact) mass is 538 g/mol. The molecule has 9 nitrogen and oxygen atoms in total. The second kappa shape index (κ2) is 10.6. The lowest BCUT2D eigenvalue weighted by molar-refractivity contribution is 0.387. The van der Waals surface area contributed by atoms with Crippen molar-refractivity contribution >= 4 is 32.3 Å². The first-order valence-electron chi connectivity index (χ1n) is 11.4. The molecule has 190 valence electrons. The number of methoxy groups -OCH3 is 1. The van der Waals surface area contributed by atoms with Gasteiger partial charge in [-0.1, -0.05) is 18.2 Å². The van der Waals surface area contributed by atoms with Crippen molar-refractivity contribution < 1.29 is 17.5 Å². The average Bonchev–Trinajstić information content (AvgIpc) is 3.51. The molecule has 0 atom stereocenters. The molecular weight excluding hydrogens is 515 g/mol. The minimum atomic E-state index is -3.55. The number of rotatable bonds is 10. The maximum absolute atomic E-state index is 14.0. The van der Waals surface area contributed by atoms with E-state index in [2.05, 4.69) is 20.0 Å². The molecular formula is C25H23FN6O3S2. The second-order valence-electron chi connectivity index (χ2n) is 7.97. The summed E-state index contributed by atoms with van der Waals surface area (Å²) in [7, 11) is -2.13. The van der Waals surface area contributed by atoms with Gasteiger partial charge in [-0.15, -0.1) is 11.3 Å². The highest BCUT2D eigenvalue weighted by Gasteiger charge is 2.20.